The molecule has 0 saturated carbocycles. The van der Waals surface area contributed by atoms with Gasteiger partial charge in [-0.15, -0.1) is 0 Å². The number of aromatic nitrogens is 1. The van der Waals surface area contributed by atoms with Crippen molar-refractivity contribution < 1.29 is 23.8 Å². The van der Waals surface area contributed by atoms with Gasteiger partial charge in [0.2, 0.25) is 5.91 Å². The Labute approximate surface area is 178 Å². The van der Waals surface area contributed by atoms with Crippen LogP contribution in [0.5, 0.6) is 11.5 Å². The van der Waals surface area contributed by atoms with Crippen LogP contribution >= 0.6 is 11.3 Å². The summed E-state index contributed by atoms with van der Waals surface area (Å²) >= 11 is 1.29. The minimum atomic E-state index is -0.382. The lowest BCUT2D eigenvalue weighted by Crippen LogP contribution is -2.07. The molecule has 0 atom stereocenters. The number of methoxy groups -OCH3 is 1. The van der Waals surface area contributed by atoms with Crippen LogP contribution in [0.15, 0.2) is 42.5 Å². The van der Waals surface area contributed by atoms with E-state index in [0.29, 0.717) is 40.9 Å². The van der Waals surface area contributed by atoms with Crippen molar-refractivity contribution in [1.29, 1.82) is 0 Å². The van der Waals surface area contributed by atoms with Crippen LogP contribution in [0.4, 0.5) is 5.13 Å². The van der Waals surface area contributed by atoms with E-state index in [9.17, 15) is 9.59 Å². The van der Waals surface area contributed by atoms with E-state index < -0.39 is 0 Å². The first-order chi connectivity index (χ1) is 14.5. The molecule has 0 fully saturated rings. The van der Waals surface area contributed by atoms with E-state index >= 15 is 0 Å². The monoisotopic (exact) mass is 426 g/mol. The minimum absolute atomic E-state index is 0.312. The predicted octanol–water partition coefficient (Wildman–Crippen LogP) is 4.53. The Hall–Kier alpha value is -3.39. The van der Waals surface area contributed by atoms with E-state index in [1.54, 1.807) is 50.4 Å². The summed E-state index contributed by atoms with van der Waals surface area (Å²) in [5, 5.41) is 3.19. The molecule has 7 nitrogen and oxygen atoms in total. The van der Waals surface area contributed by atoms with Gasteiger partial charge in [0, 0.05) is 6.08 Å². The van der Waals surface area contributed by atoms with Crippen LogP contribution in [0.25, 0.3) is 16.3 Å². The van der Waals surface area contributed by atoms with Crippen LogP contribution in [-0.4, -0.2) is 37.2 Å². The van der Waals surface area contributed by atoms with E-state index in [0.717, 1.165) is 10.3 Å². The Morgan fingerprint density at radius 1 is 1.10 bits per heavy atom. The number of amides is 1. The van der Waals surface area contributed by atoms with Crippen LogP contribution in [0.2, 0.25) is 0 Å². The molecular formula is C22H22N2O5S. The van der Waals surface area contributed by atoms with Crippen molar-refractivity contribution in [3.05, 3.63) is 53.6 Å². The van der Waals surface area contributed by atoms with Crippen molar-refractivity contribution in [2.75, 3.05) is 25.6 Å². The lowest BCUT2D eigenvalue weighted by Gasteiger charge is -2.09. The first kappa shape index (κ1) is 21.3. The second-order valence-corrected chi connectivity index (χ2v) is 7.12. The number of esters is 1. The third-order valence-corrected chi connectivity index (χ3v) is 4.98. The summed E-state index contributed by atoms with van der Waals surface area (Å²) in [5.74, 6) is 0.556. The van der Waals surface area contributed by atoms with Crippen molar-refractivity contribution in [2.45, 2.75) is 13.8 Å². The average molecular weight is 426 g/mol. The second kappa shape index (κ2) is 9.89. The summed E-state index contributed by atoms with van der Waals surface area (Å²) in [5.41, 5.74) is 1.95. The smallest absolute Gasteiger partial charge is 0.338 e. The molecule has 156 valence electrons. The van der Waals surface area contributed by atoms with Gasteiger partial charge in [0.25, 0.3) is 0 Å². The van der Waals surface area contributed by atoms with Crippen LogP contribution in [-0.2, 0) is 9.53 Å². The van der Waals surface area contributed by atoms with Crippen LogP contribution in [0.1, 0.15) is 29.8 Å². The summed E-state index contributed by atoms with van der Waals surface area (Å²) in [6.07, 6.45) is 3.10. The number of carbonyl (C=O) groups excluding carboxylic acids is 2. The summed E-state index contributed by atoms with van der Waals surface area (Å²) in [6.45, 7) is 4.51. The summed E-state index contributed by atoms with van der Waals surface area (Å²) in [6, 6.07) is 10.5. The zero-order chi connectivity index (χ0) is 21.5. The molecule has 1 heterocycles. The number of fused-ring (bicyclic) bond motifs is 1. The number of hydrogen-bond acceptors (Lipinski definition) is 7. The average Bonchev–Trinajstić information content (AvgIpc) is 3.14. The first-order valence-electron chi connectivity index (χ1n) is 9.41. The molecule has 1 N–H and O–H groups in total. The van der Waals surface area contributed by atoms with Crippen LogP contribution < -0.4 is 14.8 Å². The van der Waals surface area contributed by atoms with Gasteiger partial charge in [0.15, 0.2) is 16.6 Å². The largest absolute Gasteiger partial charge is 0.493 e. The number of rotatable bonds is 8. The van der Waals surface area contributed by atoms with Gasteiger partial charge in [-0.3, -0.25) is 10.1 Å². The molecular weight excluding hydrogens is 404 g/mol. The highest BCUT2D eigenvalue weighted by Gasteiger charge is 2.11. The number of nitrogens with zero attached hydrogens (tertiary/aromatic N) is 1. The highest BCUT2D eigenvalue weighted by molar-refractivity contribution is 7.22. The van der Waals surface area contributed by atoms with Crippen LogP contribution in [0.3, 0.4) is 0 Å². The molecule has 1 aromatic heterocycles. The van der Waals surface area contributed by atoms with Gasteiger partial charge in [-0.05, 0) is 55.8 Å². The van der Waals surface area contributed by atoms with Crippen LogP contribution in [0, 0.1) is 0 Å². The third kappa shape index (κ3) is 5.15. The number of ether oxygens (including phenoxy) is 3. The molecule has 30 heavy (non-hydrogen) atoms. The van der Waals surface area contributed by atoms with Crippen molar-refractivity contribution >= 4 is 44.6 Å². The van der Waals surface area contributed by atoms with Crippen molar-refractivity contribution in [1.82, 2.24) is 4.98 Å². The lowest BCUT2D eigenvalue weighted by molar-refractivity contribution is -0.111. The molecule has 0 aliphatic carbocycles. The van der Waals surface area contributed by atoms with Gasteiger partial charge >= 0.3 is 5.97 Å². The summed E-state index contributed by atoms with van der Waals surface area (Å²) in [4.78, 5) is 28.5. The number of nitrogens with one attached hydrogen (secondary N) is 1. The Kier molecular flexibility index (Phi) is 7.03. The van der Waals surface area contributed by atoms with Gasteiger partial charge in [-0.25, -0.2) is 9.78 Å². The van der Waals surface area contributed by atoms with E-state index in [1.807, 2.05) is 13.0 Å². The normalized spacial score (nSPS) is 10.9. The number of anilines is 1. The molecule has 0 aliphatic rings. The van der Waals surface area contributed by atoms with E-state index in [2.05, 4.69) is 10.3 Å². The van der Waals surface area contributed by atoms with Gasteiger partial charge in [-0.1, -0.05) is 17.4 Å². The summed E-state index contributed by atoms with van der Waals surface area (Å²) < 4.78 is 16.6. The maximum atomic E-state index is 12.3. The fourth-order valence-corrected chi connectivity index (χ4v) is 3.61. The predicted molar refractivity (Wildman–Crippen MR) is 117 cm³/mol. The quantitative estimate of drug-likeness (QED) is 0.421. The number of thiazole rings is 1. The van der Waals surface area contributed by atoms with Gasteiger partial charge in [0.05, 0.1) is 36.1 Å². The molecule has 8 heteroatoms. The highest BCUT2D eigenvalue weighted by Crippen LogP contribution is 2.29. The summed E-state index contributed by atoms with van der Waals surface area (Å²) in [7, 11) is 1.57. The maximum absolute atomic E-state index is 12.3. The highest BCUT2D eigenvalue weighted by atomic mass is 32.1. The first-order valence-corrected chi connectivity index (χ1v) is 10.2. The molecule has 3 aromatic rings. The molecule has 0 spiro atoms. The Morgan fingerprint density at radius 2 is 1.93 bits per heavy atom. The molecule has 0 aliphatic heterocycles. The Morgan fingerprint density at radius 3 is 2.67 bits per heavy atom. The van der Waals surface area contributed by atoms with E-state index in [4.69, 9.17) is 14.2 Å². The zero-order valence-electron chi connectivity index (χ0n) is 16.9. The fraction of sp³-hybridized carbons (Fsp3) is 0.227. The van der Waals surface area contributed by atoms with Crippen molar-refractivity contribution in [3.8, 4) is 11.5 Å². The third-order valence-electron chi connectivity index (χ3n) is 4.04. The SMILES string of the molecule is CCOC(=O)c1ccc2nc(NC(=O)/C=C/c3ccc(OCC)c(OC)c3)sc2c1. The van der Waals surface area contributed by atoms with Gasteiger partial charge in [0.1, 0.15) is 0 Å². The topological polar surface area (TPSA) is 86.8 Å². The molecule has 2 aromatic carbocycles. The molecule has 3 rings (SSSR count). The molecule has 0 bridgehead atoms. The Bertz CT molecular complexity index is 1090. The number of hydrogen-bond donors (Lipinski definition) is 1. The standard InChI is InChI=1S/C22H22N2O5S/c1-4-28-17-10-6-14(12-18(17)27-3)7-11-20(25)24-22-23-16-9-8-15(13-19(16)30-22)21(26)29-5-2/h6-13H,4-5H2,1-3H3,(H,23,24,25)/b11-7+. The maximum Gasteiger partial charge on any atom is 0.338 e. The second-order valence-electron chi connectivity index (χ2n) is 6.09. The molecule has 1 amide bonds. The fourth-order valence-electron chi connectivity index (χ4n) is 2.70. The Balaban J connectivity index is 1.69. The molecule has 0 saturated heterocycles. The van der Waals surface area contributed by atoms with Gasteiger partial charge < -0.3 is 14.2 Å². The molecule has 0 unspecified atom stereocenters. The molecule has 0 radical (unpaired) electrons. The van der Waals surface area contributed by atoms with E-state index in [1.165, 1.54) is 17.4 Å². The lowest BCUT2D eigenvalue weighted by atomic mass is 10.2. The van der Waals surface area contributed by atoms with E-state index in [-0.39, 0.29) is 11.9 Å². The van der Waals surface area contributed by atoms with Gasteiger partial charge in [-0.2, -0.15) is 0 Å². The number of benzene rings is 2. The van der Waals surface area contributed by atoms with Crippen molar-refractivity contribution in [3.63, 3.8) is 0 Å². The minimum Gasteiger partial charge on any atom is -0.493 e. The zero-order valence-corrected chi connectivity index (χ0v) is 17.7. The number of carbonyl (C=O) groups is 2. The van der Waals surface area contributed by atoms with Crippen molar-refractivity contribution in [2.24, 2.45) is 0 Å².